The maximum atomic E-state index is 13.7. The van der Waals surface area contributed by atoms with Crippen LogP contribution in [0, 0.1) is 17.0 Å². The molecule has 2 aromatic carbocycles. The van der Waals surface area contributed by atoms with Crippen LogP contribution in [0.5, 0.6) is 5.75 Å². The summed E-state index contributed by atoms with van der Waals surface area (Å²) in [5.41, 5.74) is 1.47. The summed E-state index contributed by atoms with van der Waals surface area (Å²) in [5.74, 6) is -0.614. The van der Waals surface area contributed by atoms with E-state index in [2.05, 4.69) is 36.9 Å². The van der Waals surface area contributed by atoms with Gasteiger partial charge in [-0.2, -0.15) is 0 Å². The van der Waals surface area contributed by atoms with Crippen molar-refractivity contribution in [2.75, 3.05) is 6.61 Å². The summed E-state index contributed by atoms with van der Waals surface area (Å²) in [6.45, 7) is 5.05. The fraction of sp³-hybridized carbons (Fsp3) is 0.208. The monoisotopic (exact) mass is 635 g/mol. The van der Waals surface area contributed by atoms with Gasteiger partial charge in [-0.1, -0.05) is 23.5 Å². The quantitative estimate of drug-likeness (QED) is 0.254. The number of phenolic OH excluding ortho intramolecular Hbond substituents is 1. The van der Waals surface area contributed by atoms with Gasteiger partial charge >= 0.3 is 5.97 Å². The van der Waals surface area contributed by atoms with Crippen LogP contribution in [0.4, 0.5) is 5.69 Å². The van der Waals surface area contributed by atoms with Crippen molar-refractivity contribution in [2.45, 2.75) is 26.8 Å². The highest BCUT2D eigenvalue weighted by Crippen LogP contribution is 2.34. The number of aromatic nitrogens is 1. The molecule has 2 heterocycles. The number of phenols is 1. The molecule has 9 nitrogen and oxygen atoms in total. The van der Waals surface area contributed by atoms with Crippen molar-refractivity contribution in [1.29, 1.82) is 0 Å². The zero-order valence-corrected chi connectivity index (χ0v) is 23.2. The molecule has 1 aromatic heterocycles. The van der Waals surface area contributed by atoms with E-state index in [0.717, 1.165) is 11.3 Å². The molecular formula is C24H19Br2N3O6S. The number of nitro groups is 1. The first-order valence-corrected chi connectivity index (χ1v) is 13.1. The predicted octanol–water partition coefficient (Wildman–Crippen LogP) is 4.25. The Morgan fingerprint density at radius 3 is 2.56 bits per heavy atom. The molecule has 0 saturated heterocycles. The number of aromatic hydroxyl groups is 1. The van der Waals surface area contributed by atoms with Gasteiger partial charge in [-0.3, -0.25) is 19.5 Å². The molecule has 1 aliphatic heterocycles. The third-order valence-corrected chi connectivity index (χ3v) is 7.79. The standard InChI is InChI=1S/C24H19Br2N3O6S/c1-4-35-23(32)19-12(3)27-24-28(20(19)14-6-5-11(2)17(10-14)29(33)34)22(31)18(36-24)9-13-7-15(25)21(30)16(26)8-13/h5-10,20,30H,4H2,1-3H3/b18-9+/t20-/m0/s1. The highest BCUT2D eigenvalue weighted by atomic mass is 79.9. The number of nitro benzene ring substituents is 1. The molecular weight excluding hydrogens is 618 g/mol. The summed E-state index contributed by atoms with van der Waals surface area (Å²) >= 11 is 7.70. The number of esters is 1. The summed E-state index contributed by atoms with van der Waals surface area (Å²) in [7, 11) is 0. The van der Waals surface area contributed by atoms with E-state index in [4.69, 9.17) is 4.74 Å². The minimum Gasteiger partial charge on any atom is -0.506 e. The smallest absolute Gasteiger partial charge is 0.338 e. The Balaban J connectivity index is 2.00. The molecule has 3 aromatic rings. The molecule has 1 atom stereocenters. The van der Waals surface area contributed by atoms with E-state index < -0.39 is 22.5 Å². The number of benzene rings is 2. The Hall–Kier alpha value is -3.09. The second kappa shape index (κ2) is 10.1. The Morgan fingerprint density at radius 1 is 1.28 bits per heavy atom. The number of aryl methyl sites for hydroxylation is 1. The molecule has 186 valence electrons. The van der Waals surface area contributed by atoms with Gasteiger partial charge in [-0.15, -0.1) is 0 Å². The lowest BCUT2D eigenvalue weighted by atomic mass is 9.94. The molecule has 0 bridgehead atoms. The van der Waals surface area contributed by atoms with E-state index in [1.54, 1.807) is 51.1 Å². The fourth-order valence-electron chi connectivity index (χ4n) is 3.92. The molecule has 0 aliphatic carbocycles. The van der Waals surface area contributed by atoms with Gasteiger partial charge < -0.3 is 9.84 Å². The summed E-state index contributed by atoms with van der Waals surface area (Å²) in [4.78, 5) is 42.6. The molecule has 1 aliphatic rings. The van der Waals surface area contributed by atoms with Crippen molar-refractivity contribution in [2.24, 2.45) is 4.99 Å². The zero-order chi connectivity index (χ0) is 26.3. The van der Waals surface area contributed by atoms with Crippen LogP contribution in [0.25, 0.3) is 6.08 Å². The van der Waals surface area contributed by atoms with E-state index >= 15 is 0 Å². The van der Waals surface area contributed by atoms with Gasteiger partial charge in [0.25, 0.3) is 11.2 Å². The second-order valence-corrected chi connectivity index (χ2v) is 10.7. The van der Waals surface area contributed by atoms with Gasteiger partial charge in [-0.25, -0.2) is 9.79 Å². The molecule has 0 spiro atoms. The third-order valence-electron chi connectivity index (χ3n) is 5.60. The number of nitrogens with zero attached hydrogens (tertiary/aromatic N) is 3. The van der Waals surface area contributed by atoms with Gasteiger partial charge in [0.15, 0.2) is 4.80 Å². The summed E-state index contributed by atoms with van der Waals surface area (Å²) in [5, 5.41) is 21.6. The van der Waals surface area contributed by atoms with E-state index in [1.165, 1.54) is 10.6 Å². The number of halogens is 2. The number of allylic oxidation sites excluding steroid dienone is 1. The second-order valence-electron chi connectivity index (χ2n) is 7.94. The van der Waals surface area contributed by atoms with Gasteiger partial charge in [0, 0.05) is 11.6 Å². The van der Waals surface area contributed by atoms with E-state index in [0.29, 0.717) is 40.7 Å². The number of hydrogen-bond donors (Lipinski definition) is 1. The van der Waals surface area contributed by atoms with E-state index in [1.807, 2.05) is 0 Å². The Morgan fingerprint density at radius 2 is 1.94 bits per heavy atom. The molecule has 0 amide bonds. The Bertz CT molecular complexity index is 1620. The first-order valence-electron chi connectivity index (χ1n) is 10.7. The first-order chi connectivity index (χ1) is 17.0. The first kappa shape index (κ1) is 26.0. The lowest BCUT2D eigenvalue weighted by Gasteiger charge is -2.24. The molecule has 36 heavy (non-hydrogen) atoms. The maximum Gasteiger partial charge on any atom is 0.338 e. The number of hydrogen-bond acceptors (Lipinski definition) is 8. The summed E-state index contributed by atoms with van der Waals surface area (Å²) < 4.78 is 7.85. The van der Waals surface area contributed by atoms with Crippen LogP contribution in [0.15, 0.2) is 60.3 Å². The van der Waals surface area contributed by atoms with Crippen molar-refractivity contribution in [3.63, 3.8) is 0 Å². The fourth-order valence-corrected chi connectivity index (χ4v) is 6.19. The highest BCUT2D eigenvalue weighted by molar-refractivity contribution is 9.11. The van der Waals surface area contributed by atoms with Gasteiger partial charge in [-0.05, 0) is 82.0 Å². The SMILES string of the molecule is CCOC(=O)C1=C(C)N=c2s/c(=C/c3cc(Br)c(O)c(Br)c3)c(=O)n2[C@H]1c1ccc(C)c([N+](=O)[O-])c1. The lowest BCUT2D eigenvalue weighted by Crippen LogP contribution is -2.40. The van der Waals surface area contributed by atoms with Gasteiger partial charge in [0.1, 0.15) is 5.75 Å². The van der Waals surface area contributed by atoms with Gasteiger partial charge in [0.05, 0.1) is 42.3 Å². The molecule has 0 unspecified atom stereocenters. The minimum absolute atomic E-state index is 0.0317. The van der Waals surface area contributed by atoms with Crippen molar-refractivity contribution in [3.05, 3.63) is 97.0 Å². The number of carbonyl (C=O) groups is 1. The van der Waals surface area contributed by atoms with Crippen LogP contribution in [0.3, 0.4) is 0 Å². The molecule has 1 N–H and O–H groups in total. The van der Waals surface area contributed by atoms with E-state index in [9.17, 15) is 24.8 Å². The largest absolute Gasteiger partial charge is 0.506 e. The lowest BCUT2D eigenvalue weighted by molar-refractivity contribution is -0.385. The van der Waals surface area contributed by atoms with Crippen LogP contribution >= 0.6 is 43.2 Å². The number of thiazole rings is 1. The molecule has 0 fully saturated rings. The highest BCUT2D eigenvalue weighted by Gasteiger charge is 2.34. The Labute approximate surface area is 225 Å². The van der Waals surface area contributed by atoms with Crippen LogP contribution < -0.4 is 14.9 Å². The summed E-state index contributed by atoms with van der Waals surface area (Å²) in [6, 6.07) is 7.00. The van der Waals surface area contributed by atoms with E-state index in [-0.39, 0.29) is 23.6 Å². The normalized spacial score (nSPS) is 15.5. The van der Waals surface area contributed by atoms with Crippen molar-refractivity contribution >= 4 is 60.9 Å². The zero-order valence-electron chi connectivity index (χ0n) is 19.2. The third kappa shape index (κ3) is 4.67. The predicted molar refractivity (Wildman–Crippen MR) is 142 cm³/mol. The maximum absolute atomic E-state index is 13.7. The average molecular weight is 637 g/mol. The number of fused-ring (bicyclic) bond motifs is 1. The molecule has 0 radical (unpaired) electrons. The minimum atomic E-state index is -0.958. The summed E-state index contributed by atoms with van der Waals surface area (Å²) in [6.07, 6.45) is 1.65. The molecule has 0 saturated carbocycles. The van der Waals surface area contributed by atoms with Crippen molar-refractivity contribution in [1.82, 2.24) is 4.57 Å². The molecule has 12 heteroatoms. The van der Waals surface area contributed by atoms with Crippen LogP contribution in [-0.4, -0.2) is 27.2 Å². The topological polar surface area (TPSA) is 124 Å². The van der Waals surface area contributed by atoms with Crippen molar-refractivity contribution in [3.8, 4) is 5.75 Å². The number of ether oxygens (including phenoxy) is 1. The van der Waals surface area contributed by atoms with Crippen LogP contribution in [0.1, 0.15) is 36.6 Å². The average Bonchev–Trinajstić information content (AvgIpc) is 3.11. The van der Waals surface area contributed by atoms with Crippen LogP contribution in [0.2, 0.25) is 0 Å². The van der Waals surface area contributed by atoms with Crippen LogP contribution in [-0.2, 0) is 9.53 Å². The number of rotatable bonds is 5. The number of carbonyl (C=O) groups excluding carboxylic acids is 1. The molecule has 4 rings (SSSR count). The van der Waals surface area contributed by atoms with Crippen molar-refractivity contribution < 1.29 is 19.6 Å². The van der Waals surface area contributed by atoms with Gasteiger partial charge in [0.2, 0.25) is 0 Å². The Kier molecular flexibility index (Phi) is 7.30.